The molecular weight excluding hydrogens is 370 g/mol. The fraction of sp³-hybridized carbons (Fsp3) is 0.111. The molecule has 0 fully saturated rings. The summed E-state index contributed by atoms with van der Waals surface area (Å²) < 4.78 is 50.9. The highest BCUT2D eigenvalue weighted by molar-refractivity contribution is 6.29. The van der Waals surface area contributed by atoms with Gasteiger partial charge >= 0.3 is 6.18 Å². The molecule has 0 aliphatic heterocycles. The molecule has 0 radical (unpaired) electrons. The molecule has 0 amide bonds. The summed E-state index contributed by atoms with van der Waals surface area (Å²) in [5.41, 5.74) is 0.487. The Kier molecular flexibility index (Phi) is 5.08. The van der Waals surface area contributed by atoms with Crippen molar-refractivity contribution in [1.29, 1.82) is 0 Å². The average molecular weight is 382 g/mol. The van der Waals surface area contributed by atoms with Gasteiger partial charge in [0.1, 0.15) is 16.8 Å². The van der Waals surface area contributed by atoms with Crippen molar-refractivity contribution in [3.63, 3.8) is 0 Å². The molecule has 0 atom stereocenters. The molecule has 0 aliphatic carbocycles. The molecule has 3 aromatic rings. The fourth-order valence-electron chi connectivity index (χ4n) is 2.24. The van der Waals surface area contributed by atoms with Gasteiger partial charge in [-0.1, -0.05) is 35.9 Å². The smallest absolute Gasteiger partial charge is 0.366 e. The van der Waals surface area contributed by atoms with Gasteiger partial charge in [-0.2, -0.15) is 13.2 Å². The van der Waals surface area contributed by atoms with E-state index < -0.39 is 11.7 Å². The lowest BCUT2D eigenvalue weighted by atomic mass is 10.1. The summed E-state index contributed by atoms with van der Waals surface area (Å²) in [6.07, 6.45) is -4.41. The minimum absolute atomic E-state index is 0.150. The summed E-state index contributed by atoms with van der Waals surface area (Å²) in [4.78, 5) is 8.31. The number of hydrogen-bond acceptors (Lipinski definition) is 3. The summed E-state index contributed by atoms with van der Waals surface area (Å²) in [5, 5.41) is 3.18. The molecule has 134 valence electrons. The van der Waals surface area contributed by atoms with Gasteiger partial charge in [0.25, 0.3) is 0 Å². The molecule has 0 bridgehead atoms. The molecule has 2 aromatic carbocycles. The highest BCUT2D eigenvalue weighted by atomic mass is 35.5. The van der Waals surface area contributed by atoms with Crippen molar-refractivity contribution >= 4 is 17.4 Å². The number of rotatable bonds is 4. The second-order valence-electron chi connectivity index (χ2n) is 5.45. The quantitative estimate of drug-likeness (QED) is 0.474. The monoisotopic (exact) mass is 381 g/mol. The van der Waals surface area contributed by atoms with Crippen LogP contribution in [0.5, 0.6) is 0 Å². The van der Waals surface area contributed by atoms with Gasteiger partial charge in [0.2, 0.25) is 0 Å². The normalized spacial score (nSPS) is 11.4. The number of anilines is 1. The van der Waals surface area contributed by atoms with Crippen LogP contribution in [0.4, 0.5) is 23.4 Å². The lowest BCUT2D eigenvalue weighted by Crippen LogP contribution is -2.05. The van der Waals surface area contributed by atoms with Crippen molar-refractivity contribution in [2.75, 3.05) is 5.32 Å². The van der Waals surface area contributed by atoms with Crippen LogP contribution >= 0.6 is 11.6 Å². The molecule has 3 rings (SSSR count). The van der Waals surface area contributed by atoms with E-state index in [1.54, 1.807) is 12.1 Å². The molecule has 1 heterocycles. The molecule has 0 unspecified atom stereocenters. The number of nitrogens with zero attached hydrogens (tertiary/aromatic N) is 2. The second kappa shape index (κ2) is 7.29. The van der Waals surface area contributed by atoms with Crippen LogP contribution in [0.15, 0.2) is 54.6 Å². The Hall–Kier alpha value is -2.67. The van der Waals surface area contributed by atoms with Crippen LogP contribution in [-0.4, -0.2) is 9.97 Å². The van der Waals surface area contributed by atoms with E-state index in [9.17, 15) is 17.6 Å². The Labute approximate surface area is 151 Å². The van der Waals surface area contributed by atoms with E-state index in [1.807, 2.05) is 0 Å². The van der Waals surface area contributed by atoms with Crippen LogP contribution in [0, 0.1) is 5.82 Å². The van der Waals surface area contributed by atoms with Crippen LogP contribution in [0.2, 0.25) is 5.15 Å². The number of aromatic nitrogens is 2. The van der Waals surface area contributed by atoms with Gasteiger partial charge in [0, 0.05) is 18.2 Å². The zero-order valence-corrected chi connectivity index (χ0v) is 13.9. The van der Waals surface area contributed by atoms with Crippen molar-refractivity contribution in [2.24, 2.45) is 0 Å². The zero-order valence-electron chi connectivity index (χ0n) is 13.2. The molecule has 0 saturated heterocycles. The first-order valence-electron chi connectivity index (χ1n) is 7.52. The number of nitrogens with one attached hydrogen (secondary N) is 1. The standard InChI is InChI=1S/C18H12ClF4N3/c19-15-9-16(24-10-11-1-7-14(20)8-2-11)26-17(25-15)12-3-5-13(6-4-12)18(21,22)23/h1-9H,10H2,(H,24,25,26). The minimum Gasteiger partial charge on any atom is -0.366 e. The van der Waals surface area contributed by atoms with Crippen molar-refractivity contribution in [2.45, 2.75) is 12.7 Å². The second-order valence-corrected chi connectivity index (χ2v) is 5.84. The van der Waals surface area contributed by atoms with Crippen molar-refractivity contribution in [3.8, 4) is 11.4 Å². The molecule has 0 aliphatic rings. The third-order valence-electron chi connectivity index (χ3n) is 3.55. The minimum atomic E-state index is -4.41. The SMILES string of the molecule is Fc1ccc(CNc2cc(Cl)nc(-c3ccc(C(F)(F)F)cc3)n2)cc1. The fourth-order valence-corrected chi connectivity index (χ4v) is 2.42. The Balaban J connectivity index is 1.80. The van der Waals surface area contributed by atoms with E-state index in [0.29, 0.717) is 17.9 Å². The van der Waals surface area contributed by atoms with Gasteiger partial charge in [-0.3, -0.25) is 0 Å². The first-order valence-corrected chi connectivity index (χ1v) is 7.89. The number of benzene rings is 2. The van der Waals surface area contributed by atoms with Crippen LogP contribution in [-0.2, 0) is 12.7 Å². The Morgan fingerprint density at radius 2 is 1.58 bits per heavy atom. The molecule has 26 heavy (non-hydrogen) atoms. The largest absolute Gasteiger partial charge is 0.416 e. The van der Waals surface area contributed by atoms with E-state index in [1.165, 1.54) is 30.3 Å². The predicted octanol–water partition coefficient (Wildman–Crippen LogP) is 5.57. The van der Waals surface area contributed by atoms with Crippen LogP contribution in [0.3, 0.4) is 0 Å². The Morgan fingerprint density at radius 3 is 2.19 bits per heavy atom. The van der Waals surface area contributed by atoms with Crippen LogP contribution in [0.1, 0.15) is 11.1 Å². The molecular formula is C18H12ClF4N3. The van der Waals surface area contributed by atoms with Crippen molar-refractivity contribution in [1.82, 2.24) is 9.97 Å². The summed E-state index contributed by atoms with van der Waals surface area (Å²) in [5.74, 6) is 0.278. The van der Waals surface area contributed by atoms with Gasteiger partial charge in [-0.25, -0.2) is 14.4 Å². The van der Waals surface area contributed by atoms with E-state index in [-0.39, 0.29) is 16.8 Å². The summed E-state index contributed by atoms with van der Waals surface area (Å²) in [6, 6.07) is 11.9. The molecule has 1 aromatic heterocycles. The van der Waals surface area contributed by atoms with Crippen LogP contribution in [0.25, 0.3) is 11.4 Å². The third-order valence-corrected chi connectivity index (χ3v) is 3.75. The average Bonchev–Trinajstić information content (AvgIpc) is 2.60. The van der Waals surface area contributed by atoms with E-state index in [4.69, 9.17) is 11.6 Å². The lowest BCUT2D eigenvalue weighted by molar-refractivity contribution is -0.137. The molecule has 8 heteroatoms. The lowest BCUT2D eigenvalue weighted by Gasteiger charge is -2.10. The van der Waals surface area contributed by atoms with E-state index in [2.05, 4.69) is 15.3 Å². The van der Waals surface area contributed by atoms with Gasteiger partial charge < -0.3 is 5.32 Å². The first-order chi connectivity index (χ1) is 12.3. The Bertz CT molecular complexity index is 894. The highest BCUT2D eigenvalue weighted by Gasteiger charge is 2.30. The summed E-state index contributed by atoms with van der Waals surface area (Å²) >= 11 is 5.99. The van der Waals surface area contributed by atoms with Gasteiger partial charge in [-0.05, 0) is 29.8 Å². The van der Waals surface area contributed by atoms with Gasteiger partial charge in [-0.15, -0.1) is 0 Å². The zero-order chi connectivity index (χ0) is 18.7. The molecule has 1 N–H and O–H groups in total. The number of alkyl halides is 3. The molecule has 0 saturated carbocycles. The maximum Gasteiger partial charge on any atom is 0.416 e. The van der Waals surface area contributed by atoms with Gasteiger partial charge in [0.05, 0.1) is 5.56 Å². The van der Waals surface area contributed by atoms with Crippen molar-refractivity contribution in [3.05, 3.63) is 76.7 Å². The highest BCUT2D eigenvalue weighted by Crippen LogP contribution is 2.30. The number of halogens is 5. The van der Waals surface area contributed by atoms with Crippen LogP contribution < -0.4 is 5.32 Å². The molecule has 3 nitrogen and oxygen atoms in total. The maximum atomic E-state index is 12.9. The predicted molar refractivity (Wildman–Crippen MR) is 91.2 cm³/mol. The van der Waals surface area contributed by atoms with Crippen molar-refractivity contribution < 1.29 is 17.6 Å². The summed E-state index contributed by atoms with van der Waals surface area (Å²) in [7, 11) is 0. The van der Waals surface area contributed by atoms with E-state index >= 15 is 0 Å². The maximum absolute atomic E-state index is 12.9. The van der Waals surface area contributed by atoms with E-state index in [0.717, 1.165) is 17.7 Å². The third kappa shape index (κ3) is 4.49. The first kappa shape index (κ1) is 18.1. The molecule has 0 spiro atoms. The summed E-state index contributed by atoms with van der Waals surface area (Å²) in [6.45, 7) is 0.375. The Morgan fingerprint density at radius 1 is 0.923 bits per heavy atom. The van der Waals surface area contributed by atoms with Gasteiger partial charge in [0.15, 0.2) is 5.82 Å². The number of hydrogen-bond donors (Lipinski definition) is 1. The topological polar surface area (TPSA) is 37.8 Å².